The summed E-state index contributed by atoms with van der Waals surface area (Å²) in [6.45, 7) is 1.44. The average Bonchev–Trinajstić information content (AvgIpc) is 2.66. The van der Waals surface area contributed by atoms with E-state index in [-0.39, 0.29) is 18.4 Å². The maximum Gasteiger partial charge on any atom is 0.328 e. The van der Waals surface area contributed by atoms with Crippen LogP contribution in [0.2, 0.25) is 0 Å². The van der Waals surface area contributed by atoms with Crippen molar-refractivity contribution in [2.24, 2.45) is 0 Å². The lowest BCUT2D eigenvalue weighted by Crippen LogP contribution is -2.51. The van der Waals surface area contributed by atoms with Gasteiger partial charge in [0.1, 0.15) is 23.7 Å². The zero-order chi connectivity index (χ0) is 21.4. The second-order valence-corrected chi connectivity index (χ2v) is 6.52. The first-order valence-corrected chi connectivity index (χ1v) is 8.95. The Morgan fingerprint density at radius 2 is 1.59 bits per heavy atom. The summed E-state index contributed by atoms with van der Waals surface area (Å²) in [5.74, 6) is -3.37. The summed E-state index contributed by atoms with van der Waals surface area (Å²) in [5.41, 5.74) is 0.970. The van der Waals surface area contributed by atoms with Crippen molar-refractivity contribution >= 4 is 17.8 Å². The Hall–Kier alpha value is -3.29. The van der Waals surface area contributed by atoms with E-state index in [0.717, 1.165) is 17.7 Å². The molecule has 2 N–H and O–H groups in total. The van der Waals surface area contributed by atoms with Gasteiger partial charge in [0.15, 0.2) is 0 Å². The summed E-state index contributed by atoms with van der Waals surface area (Å²) in [4.78, 5) is 36.5. The lowest BCUT2D eigenvalue weighted by Gasteiger charge is -2.20. The predicted octanol–water partition coefficient (Wildman–Crippen LogP) is 1.91. The van der Waals surface area contributed by atoms with Crippen molar-refractivity contribution in [2.45, 2.75) is 31.8 Å². The molecule has 2 atom stereocenters. The van der Waals surface area contributed by atoms with Crippen LogP contribution in [-0.4, -0.2) is 37.0 Å². The van der Waals surface area contributed by atoms with E-state index in [9.17, 15) is 23.2 Å². The van der Waals surface area contributed by atoms with Crippen LogP contribution in [0.1, 0.15) is 18.1 Å². The fourth-order valence-electron chi connectivity index (χ4n) is 2.74. The highest BCUT2D eigenvalue weighted by molar-refractivity contribution is 5.91. The molecule has 29 heavy (non-hydrogen) atoms. The number of hydrogen-bond donors (Lipinski definition) is 2. The highest BCUT2D eigenvalue weighted by atomic mass is 19.1. The van der Waals surface area contributed by atoms with Crippen molar-refractivity contribution in [3.05, 3.63) is 71.3 Å². The van der Waals surface area contributed by atoms with E-state index in [0.29, 0.717) is 6.07 Å². The van der Waals surface area contributed by atoms with E-state index in [1.54, 1.807) is 0 Å². The first-order chi connectivity index (χ1) is 13.8. The summed E-state index contributed by atoms with van der Waals surface area (Å²) in [5, 5.41) is 5.00. The number of carbonyl (C=O) groups excluding carboxylic acids is 3. The van der Waals surface area contributed by atoms with E-state index >= 15 is 0 Å². The average molecular weight is 404 g/mol. The number of amides is 2. The van der Waals surface area contributed by atoms with Crippen LogP contribution in [0, 0.1) is 11.6 Å². The van der Waals surface area contributed by atoms with E-state index < -0.39 is 41.5 Å². The third-order valence-electron chi connectivity index (χ3n) is 4.14. The van der Waals surface area contributed by atoms with Gasteiger partial charge in [0.2, 0.25) is 11.8 Å². The van der Waals surface area contributed by atoms with Crippen LogP contribution in [-0.2, 0) is 32.0 Å². The lowest BCUT2D eigenvalue weighted by atomic mass is 10.1. The fourth-order valence-corrected chi connectivity index (χ4v) is 2.74. The topological polar surface area (TPSA) is 84.5 Å². The molecule has 8 heteroatoms. The number of hydrogen-bond acceptors (Lipinski definition) is 4. The fraction of sp³-hybridized carbons (Fsp3) is 0.286. The molecule has 0 aliphatic rings. The van der Waals surface area contributed by atoms with Gasteiger partial charge in [-0.15, -0.1) is 0 Å². The Bertz CT molecular complexity index is 854. The molecular weight excluding hydrogens is 382 g/mol. The maximum atomic E-state index is 13.2. The monoisotopic (exact) mass is 404 g/mol. The standard InChI is InChI=1S/C21H22F2N2O4/c1-13(24-19(26)11-15-8-16(22)12-17(23)9-15)20(27)25-18(21(28)29-2)10-14-6-4-3-5-7-14/h3-9,12-13,18H,10-11H2,1-2H3,(H,24,26)(H,25,27)/t13-,18-/m0/s1. The van der Waals surface area contributed by atoms with Crippen LogP contribution in [0.15, 0.2) is 48.5 Å². The number of ether oxygens (including phenoxy) is 1. The smallest absolute Gasteiger partial charge is 0.328 e. The van der Waals surface area contributed by atoms with Gasteiger partial charge in [-0.25, -0.2) is 13.6 Å². The van der Waals surface area contributed by atoms with E-state index in [2.05, 4.69) is 10.6 Å². The Balaban J connectivity index is 1.95. The van der Waals surface area contributed by atoms with Gasteiger partial charge in [-0.3, -0.25) is 9.59 Å². The molecular formula is C21H22F2N2O4. The number of benzene rings is 2. The van der Waals surface area contributed by atoms with Gasteiger partial charge in [0.05, 0.1) is 13.5 Å². The Morgan fingerprint density at radius 1 is 0.966 bits per heavy atom. The van der Waals surface area contributed by atoms with Gasteiger partial charge >= 0.3 is 5.97 Å². The van der Waals surface area contributed by atoms with Gasteiger partial charge in [-0.1, -0.05) is 30.3 Å². The quantitative estimate of drug-likeness (QED) is 0.659. The van der Waals surface area contributed by atoms with Gasteiger partial charge < -0.3 is 15.4 Å². The summed E-state index contributed by atoms with van der Waals surface area (Å²) >= 11 is 0. The van der Waals surface area contributed by atoms with E-state index in [1.165, 1.54) is 14.0 Å². The zero-order valence-electron chi connectivity index (χ0n) is 16.1. The second kappa shape index (κ2) is 10.3. The molecule has 154 valence electrons. The molecule has 0 fully saturated rings. The molecule has 0 bridgehead atoms. The van der Waals surface area contributed by atoms with Gasteiger partial charge in [0.25, 0.3) is 0 Å². The minimum Gasteiger partial charge on any atom is -0.467 e. The first-order valence-electron chi connectivity index (χ1n) is 8.95. The van der Waals surface area contributed by atoms with Crippen LogP contribution in [0.5, 0.6) is 0 Å². The van der Waals surface area contributed by atoms with Gasteiger partial charge in [-0.2, -0.15) is 0 Å². The van der Waals surface area contributed by atoms with Crippen LogP contribution in [0.4, 0.5) is 8.78 Å². The molecule has 0 aromatic heterocycles. The number of halogens is 2. The van der Waals surface area contributed by atoms with E-state index in [4.69, 9.17) is 4.74 Å². The van der Waals surface area contributed by atoms with Crippen molar-refractivity contribution in [1.29, 1.82) is 0 Å². The molecule has 0 radical (unpaired) electrons. The molecule has 6 nitrogen and oxygen atoms in total. The highest BCUT2D eigenvalue weighted by Crippen LogP contribution is 2.09. The second-order valence-electron chi connectivity index (χ2n) is 6.52. The number of carbonyl (C=O) groups is 3. The summed E-state index contributed by atoms with van der Waals surface area (Å²) in [6, 6.07) is 9.97. The largest absolute Gasteiger partial charge is 0.467 e. The molecule has 0 aliphatic carbocycles. The van der Waals surface area contributed by atoms with Crippen molar-refractivity contribution in [2.75, 3.05) is 7.11 Å². The minimum absolute atomic E-state index is 0.143. The minimum atomic E-state index is -0.969. The molecule has 0 aliphatic heterocycles. The number of methoxy groups -OCH3 is 1. The predicted molar refractivity (Wildman–Crippen MR) is 102 cm³/mol. The third-order valence-corrected chi connectivity index (χ3v) is 4.14. The van der Waals surface area contributed by atoms with Crippen molar-refractivity contribution < 1.29 is 27.9 Å². The number of nitrogens with one attached hydrogen (secondary N) is 2. The molecule has 2 aromatic carbocycles. The highest BCUT2D eigenvalue weighted by Gasteiger charge is 2.25. The molecule has 2 rings (SSSR count). The van der Waals surface area contributed by atoms with Crippen LogP contribution in [0.3, 0.4) is 0 Å². The molecule has 2 aromatic rings. The normalized spacial score (nSPS) is 12.6. The van der Waals surface area contributed by atoms with Crippen molar-refractivity contribution in [1.82, 2.24) is 10.6 Å². The van der Waals surface area contributed by atoms with Gasteiger partial charge in [-0.05, 0) is 30.2 Å². The zero-order valence-corrected chi connectivity index (χ0v) is 16.1. The van der Waals surface area contributed by atoms with E-state index in [1.807, 2.05) is 30.3 Å². The Kier molecular flexibility index (Phi) is 7.82. The number of esters is 1. The van der Waals surface area contributed by atoms with Crippen molar-refractivity contribution in [3.8, 4) is 0 Å². The molecule has 0 unspecified atom stereocenters. The molecule has 0 heterocycles. The first kappa shape index (κ1) is 22.0. The molecule has 2 amide bonds. The Morgan fingerprint density at radius 3 is 2.17 bits per heavy atom. The van der Waals surface area contributed by atoms with Crippen LogP contribution >= 0.6 is 0 Å². The summed E-state index contributed by atoms with van der Waals surface area (Å²) in [6.07, 6.45) is -0.0702. The summed E-state index contributed by atoms with van der Waals surface area (Å²) in [7, 11) is 1.22. The van der Waals surface area contributed by atoms with Crippen LogP contribution in [0.25, 0.3) is 0 Å². The van der Waals surface area contributed by atoms with Crippen molar-refractivity contribution in [3.63, 3.8) is 0 Å². The summed E-state index contributed by atoms with van der Waals surface area (Å²) < 4.78 is 31.2. The SMILES string of the molecule is COC(=O)[C@H](Cc1ccccc1)NC(=O)[C@H](C)NC(=O)Cc1cc(F)cc(F)c1. The lowest BCUT2D eigenvalue weighted by molar-refractivity contribution is -0.145. The number of rotatable bonds is 8. The third kappa shape index (κ3) is 6.99. The maximum absolute atomic E-state index is 13.2. The Labute approximate surface area is 167 Å². The molecule has 0 saturated carbocycles. The molecule has 0 spiro atoms. The van der Waals surface area contributed by atoms with Crippen LogP contribution < -0.4 is 10.6 Å². The van der Waals surface area contributed by atoms with Gasteiger partial charge in [0, 0.05) is 12.5 Å². The molecule has 0 saturated heterocycles.